The molecule has 4 saturated carbocycles. The van der Waals surface area contributed by atoms with E-state index in [4.69, 9.17) is 11.5 Å². The molecule has 0 aliphatic heterocycles. The zero-order valence-corrected chi connectivity index (χ0v) is 23.3. The van der Waals surface area contributed by atoms with Crippen molar-refractivity contribution in [2.45, 2.75) is 0 Å². The van der Waals surface area contributed by atoms with Crippen LogP contribution in [0.3, 0.4) is 0 Å². The normalized spacial score (nSPS) is 16.7. The average Bonchev–Trinajstić information content (AvgIpc) is 3.73. The van der Waals surface area contributed by atoms with Crippen molar-refractivity contribution in [1.29, 1.82) is 0 Å². The maximum Gasteiger partial charge on any atom is 3.00 e. The van der Waals surface area contributed by atoms with E-state index in [-0.39, 0.29) is 93.8 Å². The summed E-state index contributed by atoms with van der Waals surface area (Å²) < 4.78 is 0. The molecule has 0 spiro atoms. The molecule has 36 heavy (non-hydrogen) atoms. The van der Waals surface area contributed by atoms with E-state index in [2.05, 4.69) is 0 Å². The van der Waals surface area contributed by atoms with Gasteiger partial charge in [0.1, 0.15) is 0 Å². The van der Waals surface area contributed by atoms with Gasteiger partial charge in [-0.05, 0) is 128 Å². The van der Waals surface area contributed by atoms with E-state index in [9.17, 15) is 0 Å². The Labute approximate surface area is 301 Å². The first kappa shape index (κ1) is 39.2. The summed E-state index contributed by atoms with van der Waals surface area (Å²) in [5.41, 5.74) is 15.1. The van der Waals surface area contributed by atoms with Crippen molar-refractivity contribution >= 4 is 11.4 Å². The van der Waals surface area contributed by atoms with Crippen LogP contribution in [0.2, 0.25) is 0 Å². The molecule has 2 nitrogen and oxygen atoms in total. The molecular formula is C32H32N2Yb2+4. The number of nitrogens with one attached hydrogen (secondary N) is 2. The van der Waals surface area contributed by atoms with Crippen LogP contribution in [0.15, 0.2) is 60.7 Å². The van der Waals surface area contributed by atoms with Gasteiger partial charge in [-0.25, -0.2) is 0 Å². The second-order valence-corrected chi connectivity index (χ2v) is 6.58. The van der Waals surface area contributed by atoms with Crippen LogP contribution in [0, 0.1) is 222 Å². The van der Waals surface area contributed by atoms with E-state index in [1.54, 1.807) is 24.3 Å². The van der Waals surface area contributed by atoms with Gasteiger partial charge in [-0.1, -0.05) is 60.7 Å². The molecule has 0 aromatic heterocycles. The minimum absolute atomic E-state index is 0. The molecule has 4 fully saturated rings. The molecule has 194 valence electrons. The first-order chi connectivity index (χ1) is 16.8. The number of benzene rings is 2. The van der Waals surface area contributed by atoms with Crippen molar-refractivity contribution in [2.24, 2.45) is 0 Å². The fraction of sp³-hybridized carbons (Fsp3) is 0. The summed E-state index contributed by atoms with van der Waals surface area (Å²) in [5, 5.41) is 0. The molecule has 6 rings (SSSR count). The van der Waals surface area contributed by atoms with Crippen molar-refractivity contribution in [1.82, 2.24) is 0 Å². The third kappa shape index (κ3) is 29.6. The van der Waals surface area contributed by atoms with Gasteiger partial charge in [-0.2, -0.15) is 0 Å². The van der Waals surface area contributed by atoms with E-state index in [0.29, 0.717) is 11.4 Å². The third-order valence-corrected chi connectivity index (χ3v) is 3.77. The van der Waals surface area contributed by atoms with Gasteiger partial charge in [-0.3, -0.25) is 0 Å². The molecule has 22 radical (unpaired) electrons. The Morgan fingerprint density at radius 3 is 0.472 bits per heavy atom. The quantitative estimate of drug-likeness (QED) is 0.256. The second kappa shape index (κ2) is 32.3. The van der Waals surface area contributed by atoms with E-state index < -0.39 is 0 Å². The predicted octanol–water partition coefficient (Wildman–Crippen LogP) is 8.83. The van der Waals surface area contributed by atoms with Crippen LogP contribution in [0.1, 0.15) is 0 Å². The van der Waals surface area contributed by atoms with Gasteiger partial charge in [0.25, 0.3) is 0 Å². The van der Waals surface area contributed by atoms with Gasteiger partial charge in [0.05, 0.1) is 0 Å². The minimum atomic E-state index is 0. The molecule has 2 aromatic carbocycles. The maximum absolute atomic E-state index is 7.00. The van der Waals surface area contributed by atoms with E-state index >= 15 is 0 Å². The van der Waals surface area contributed by atoms with Gasteiger partial charge >= 0.3 is 93.8 Å². The van der Waals surface area contributed by atoms with Gasteiger partial charge in [0.2, 0.25) is 0 Å². The fourth-order valence-corrected chi connectivity index (χ4v) is 2.16. The molecule has 2 aromatic rings. The summed E-state index contributed by atoms with van der Waals surface area (Å²) >= 11 is 0. The van der Waals surface area contributed by atoms with Gasteiger partial charge in [0.15, 0.2) is 0 Å². The van der Waals surface area contributed by atoms with Crippen molar-refractivity contribution in [3.63, 3.8) is 0 Å². The molecule has 0 amide bonds. The molecular weight excluding hydrogens is 758 g/mol. The number of hydrogen-bond donors (Lipinski definition) is 0. The van der Waals surface area contributed by atoms with Crippen LogP contribution >= 0.6 is 0 Å². The Hall–Kier alpha value is 1.08. The maximum atomic E-state index is 7.00. The second-order valence-electron chi connectivity index (χ2n) is 6.58. The molecule has 2 N–H and O–H groups in total. The largest absolute Gasteiger partial charge is 3.00 e. The summed E-state index contributed by atoms with van der Waals surface area (Å²) in [5.74, 6) is 0. The standard InChI is InChI=1S/2C6H6N.4C5H5.2Yb/c2*7-6-4-2-1-3-5-6;4*1-2-4-5-3-1;;/h2*1-5,7H;4*1-5H;;/q2*-1;;;;;2*+3. The Bertz CT molecular complexity index is 513. The van der Waals surface area contributed by atoms with E-state index in [0.717, 1.165) is 0 Å². The van der Waals surface area contributed by atoms with Gasteiger partial charge in [0, 0.05) is 0 Å². The first-order valence-electron chi connectivity index (χ1n) is 11.0. The molecule has 0 atom stereocenters. The Balaban J connectivity index is 0. The molecule has 0 unspecified atom stereocenters. The summed E-state index contributed by atoms with van der Waals surface area (Å²) in [6, 6.07) is 18.2. The third-order valence-electron chi connectivity index (χ3n) is 3.77. The Kier molecular flexibility index (Phi) is 35.2. The monoisotopic (exact) mass is 792 g/mol. The van der Waals surface area contributed by atoms with E-state index in [1.165, 1.54) is 0 Å². The number of rotatable bonds is 0. The average molecular weight is 791 g/mol. The van der Waals surface area contributed by atoms with Crippen LogP contribution in [-0.4, -0.2) is 0 Å². The summed E-state index contributed by atoms with van der Waals surface area (Å²) in [7, 11) is 0. The summed E-state index contributed by atoms with van der Waals surface area (Å²) in [4.78, 5) is 0. The first-order valence-corrected chi connectivity index (χ1v) is 11.0. The topological polar surface area (TPSA) is 47.6 Å². The van der Waals surface area contributed by atoms with Crippen molar-refractivity contribution in [2.75, 3.05) is 0 Å². The van der Waals surface area contributed by atoms with Gasteiger partial charge < -0.3 is 11.5 Å². The van der Waals surface area contributed by atoms with Crippen molar-refractivity contribution in [3.05, 3.63) is 201 Å². The molecule has 4 heteroatoms. The predicted molar refractivity (Wildman–Crippen MR) is 147 cm³/mol. The van der Waals surface area contributed by atoms with Crippen LogP contribution in [0.5, 0.6) is 0 Å². The van der Waals surface area contributed by atoms with Crippen LogP contribution < -0.4 is 0 Å². The van der Waals surface area contributed by atoms with Gasteiger partial charge in [-0.15, -0.1) is 11.4 Å². The molecule has 0 heterocycles. The zero-order valence-electron chi connectivity index (χ0n) is 19.9. The summed E-state index contributed by atoms with van der Waals surface area (Å²) in [6.45, 7) is 0. The summed E-state index contributed by atoms with van der Waals surface area (Å²) in [6.07, 6.45) is 40.0. The molecule has 0 saturated heterocycles. The SMILES string of the molecule is [CH]1[CH][CH][CH][CH]1.[CH]1[CH][CH][CH][CH]1.[CH]1[CH][CH][CH][CH]1.[CH]1[CH][CH][CH][CH]1.[NH-]c1ccccc1.[NH-]c1ccccc1.[Yb+3].[Yb+3]. The molecule has 0 bridgehead atoms. The zero-order chi connectivity index (χ0) is 24.4. The van der Waals surface area contributed by atoms with Crippen molar-refractivity contribution in [3.8, 4) is 0 Å². The van der Waals surface area contributed by atoms with Crippen LogP contribution in [0.25, 0.3) is 11.5 Å². The molecule has 4 aliphatic carbocycles. The van der Waals surface area contributed by atoms with E-state index in [1.807, 2.05) is 165 Å². The smallest absolute Gasteiger partial charge is 0.699 e. The minimum Gasteiger partial charge on any atom is -0.699 e. The van der Waals surface area contributed by atoms with Crippen LogP contribution in [-0.2, 0) is 0 Å². The van der Waals surface area contributed by atoms with Crippen molar-refractivity contribution < 1.29 is 93.8 Å². The molecule has 4 aliphatic rings. The Morgan fingerprint density at radius 2 is 0.389 bits per heavy atom. The Morgan fingerprint density at radius 1 is 0.250 bits per heavy atom. The van der Waals surface area contributed by atoms with Crippen LogP contribution in [0.4, 0.5) is 11.4 Å². The fourth-order valence-electron chi connectivity index (χ4n) is 2.16. The number of hydrogen-bond acceptors (Lipinski definition) is 0.